The van der Waals surface area contributed by atoms with E-state index in [0.29, 0.717) is 28.6 Å². The molecule has 0 saturated heterocycles. The average molecular weight is 516 g/mol. The Labute approximate surface area is 221 Å². The van der Waals surface area contributed by atoms with Crippen LogP contribution in [0.25, 0.3) is 22.4 Å². The minimum Gasteiger partial charge on any atom is -0.475 e. The minimum absolute atomic E-state index is 0.104. The van der Waals surface area contributed by atoms with Crippen LogP contribution in [0.3, 0.4) is 0 Å². The lowest BCUT2D eigenvalue weighted by atomic mass is 9.98. The van der Waals surface area contributed by atoms with Crippen LogP contribution in [-0.4, -0.2) is 46.2 Å². The Morgan fingerprint density at radius 3 is 2.55 bits per heavy atom. The number of rotatable bonds is 9. The van der Waals surface area contributed by atoms with E-state index < -0.39 is 5.67 Å². The molecule has 0 fully saturated rings. The molecule has 0 aliphatic rings. The second-order valence-electron chi connectivity index (χ2n) is 9.22. The van der Waals surface area contributed by atoms with Crippen molar-refractivity contribution in [2.24, 2.45) is 0 Å². The van der Waals surface area contributed by atoms with E-state index in [1.807, 2.05) is 43.3 Å². The van der Waals surface area contributed by atoms with E-state index in [1.165, 1.54) is 26.1 Å². The summed E-state index contributed by atoms with van der Waals surface area (Å²) in [5, 5.41) is 15.2. The van der Waals surface area contributed by atoms with Gasteiger partial charge in [0, 0.05) is 42.3 Å². The Morgan fingerprint density at radius 1 is 1.03 bits per heavy atom. The standard InChI is InChI=1S/C29H30FN5O3/c1-18-5-6-22(34-28(37)20-8-9-32-25(14-20)29(2,3)30)17-23(18)21-13-24(35-27(16-21)38-12-11-36)19-7-10-33-26(15-19)31-4/h5-10,13-17,36H,11-12H2,1-4H3,(H,31,33)(H,34,37). The molecular weight excluding hydrogens is 485 g/mol. The quantitative estimate of drug-likeness (QED) is 0.274. The molecule has 38 heavy (non-hydrogen) atoms. The van der Waals surface area contributed by atoms with Crippen molar-refractivity contribution in [2.75, 3.05) is 30.9 Å². The van der Waals surface area contributed by atoms with Gasteiger partial charge < -0.3 is 20.5 Å². The zero-order chi connectivity index (χ0) is 27.3. The van der Waals surface area contributed by atoms with Crippen molar-refractivity contribution >= 4 is 17.4 Å². The molecule has 3 heterocycles. The predicted molar refractivity (Wildman–Crippen MR) is 146 cm³/mol. The third-order valence-corrected chi connectivity index (χ3v) is 5.89. The fourth-order valence-corrected chi connectivity index (χ4v) is 3.87. The van der Waals surface area contributed by atoms with E-state index in [0.717, 1.165) is 22.3 Å². The van der Waals surface area contributed by atoms with Gasteiger partial charge in [-0.3, -0.25) is 9.78 Å². The Balaban J connectivity index is 1.70. The minimum atomic E-state index is -1.66. The molecular formula is C29H30FN5O3. The van der Waals surface area contributed by atoms with Crippen LogP contribution in [-0.2, 0) is 5.67 Å². The summed E-state index contributed by atoms with van der Waals surface area (Å²) in [5.74, 6) is 0.691. The first kappa shape index (κ1) is 26.7. The van der Waals surface area contributed by atoms with Crippen LogP contribution in [0.5, 0.6) is 5.88 Å². The SMILES string of the molecule is CNc1cc(-c2cc(-c3cc(NC(=O)c4ccnc(C(C)(C)F)c4)ccc3C)cc(OCCO)n2)ccn1. The number of aliphatic hydroxyl groups excluding tert-OH is 1. The fraction of sp³-hybridized carbons (Fsp3) is 0.241. The zero-order valence-corrected chi connectivity index (χ0v) is 21.7. The Bertz CT molecular complexity index is 1450. The number of amides is 1. The molecule has 0 radical (unpaired) electrons. The second-order valence-corrected chi connectivity index (χ2v) is 9.22. The molecule has 196 valence electrons. The number of benzene rings is 1. The maximum atomic E-state index is 14.4. The molecule has 0 unspecified atom stereocenters. The van der Waals surface area contributed by atoms with Crippen molar-refractivity contribution in [1.82, 2.24) is 15.0 Å². The van der Waals surface area contributed by atoms with Crippen molar-refractivity contribution in [3.8, 4) is 28.3 Å². The third-order valence-electron chi connectivity index (χ3n) is 5.89. The van der Waals surface area contributed by atoms with Crippen molar-refractivity contribution in [2.45, 2.75) is 26.4 Å². The number of pyridine rings is 3. The van der Waals surface area contributed by atoms with Gasteiger partial charge in [-0.1, -0.05) is 6.07 Å². The Kier molecular flexibility index (Phi) is 7.97. The molecule has 0 atom stereocenters. The topological polar surface area (TPSA) is 109 Å². The van der Waals surface area contributed by atoms with E-state index in [4.69, 9.17) is 4.74 Å². The summed E-state index contributed by atoms with van der Waals surface area (Å²) >= 11 is 0. The molecule has 3 aromatic heterocycles. The first-order chi connectivity index (χ1) is 18.2. The summed E-state index contributed by atoms with van der Waals surface area (Å²) in [6, 6.07) is 16.1. The van der Waals surface area contributed by atoms with Gasteiger partial charge in [-0.15, -0.1) is 0 Å². The molecule has 0 aliphatic carbocycles. The largest absolute Gasteiger partial charge is 0.475 e. The maximum Gasteiger partial charge on any atom is 0.255 e. The van der Waals surface area contributed by atoms with Gasteiger partial charge in [-0.25, -0.2) is 14.4 Å². The maximum absolute atomic E-state index is 14.4. The second kappa shape index (κ2) is 11.4. The van der Waals surface area contributed by atoms with E-state index in [2.05, 4.69) is 25.6 Å². The number of anilines is 2. The van der Waals surface area contributed by atoms with Crippen LogP contribution in [0.4, 0.5) is 15.9 Å². The Hall–Kier alpha value is -4.37. The van der Waals surface area contributed by atoms with Crippen LogP contribution in [0.1, 0.15) is 35.5 Å². The van der Waals surface area contributed by atoms with Gasteiger partial charge in [0.15, 0.2) is 0 Å². The summed E-state index contributed by atoms with van der Waals surface area (Å²) in [7, 11) is 1.79. The highest BCUT2D eigenvalue weighted by atomic mass is 19.1. The van der Waals surface area contributed by atoms with E-state index in [9.17, 15) is 14.3 Å². The number of halogens is 1. The zero-order valence-electron chi connectivity index (χ0n) is 21.7. The number of hydrogen-bond acceptors (Lipinski definition) is 7. The lowest BCUT2D eigenvalue weighted by molar-refractivity contribution is 0.102. The van der Waals surface area contributed by atoms with E-state index in [1.54, 1.807) is 25.4 Å². The summed E-state index contributed by atoms with van der Waals surface area (Å²) in [5.41, 5.74) is 3.58. The van der Waals surface area contributed by atoms with Crippen LogP contribution >= 0.6 is 0 Å². The predicted octanol–water partition coefficient (Wildman–Crippen LogP) is 5.38. The summed E-state index contributed by atoms with van der Waals surface area (Å²) in [6.07, 6.45) is 3.12. The Morgan fingerprint density at radius 2 is 1.82 bits per heavy atom. The normalized spacial score (nSPS) is 11.2. The average Bonchev–Trinajstić information content (AvgIpc) is 2.92. The van der Waals surface area contributed by atoms with Gasteiger partial charge in [-0.05, 0) is 79.9 Å². The van der Waals surface area contributed by atoms with Gasteiger partial charge >= 0.3 is 0 Å². The summed E-state index contributed by atoms with van der Waals surface area (Å²) < 4.78 is 20.0. The lowest BCUT2D eigenvalue weighted by Crippen LogP contribution is -2.16. The highest BCUT2D eigenvalue weighted by Crippen LogP contribution is 2.33. The van der Waals surface area contributed by atoms with Gasteiger partial charge in [0.1, 0.15) is 18.1 Å². The number of carbonyl (C=O) groups is 1. The number of nitrogens with zero attached hydrogens (tertiary/aromatic N) is 3. The van der Waals surface area contributed by atoms with Crippen molar-refractivity contribution in [3.63, 3.8) is 0 Å². The van der Waals surface area contributed by atoms with Crippen LogP contribution < -0.4 is 15.4 Å². The molecule has 0 spiro atoms. The highest BCUT2D eigenvalue weighted by Gasteiger charge is 2.22. The first-order valence-corrected chi connectivity index (χ1v) is 12.2. The number of alkyl halides is 1. The molecule has 4 aromatic rings. The monoisotopic (exact) mass is 515 g/mol. The number of aryl methyl sites for hydroxylation is 1. The number of hydrogen-bond donors (Lipinski definition) is 3. The molecule has 9 heteroatoms. The van der Waals surface area contributed by atoms with Crippen LogP contribution in [0.15, 0.2) is 67.0 Å². The molecule has 1 aromatic carbocycles. The fourth-order valence-electron chi connectivity index (χ4n) is 3.87. The molecule has 3 N–H and O–H groups in total. The van der Waals surface area contributed by atoms with Gasteiger partial charge in [0.2, 0.25) is 5.88 Å². The van der Waals surface area contributed by atoms with E-state index >= 15 is 0 Å². The molecule has 1 amide bonds. The van der Waals surface area contributed by atoms with Crippen molar-refractivity contribution in [3.05, 3.63) is 83.8 Å². The molecule has 0 saturated carbocycles. The number of aliphatic hydroxyl groups is 1. The highest BCUT2D eigenvalue weighted by molar-refractivity contribution is 6.04. The van der Waals surface area contributed by atoms with Gasteiger partial charge in [0.05, 0.1) is 18.0 Å². The molecule has 4 rings (SSSR count). The van der Waals surface area contributed by atoms with Crippen LogP contribution in [0.2, 0.25) is 0 Å². The smallest absolute Gasteiger partial charge is 0.255 e. The number of carbonyl (C=O) groups excluding carboxylic acids is 1. The first-order valence-electron chi connectivity index (χ1n) is 12.2. The van der Waals surface area contributed by atoms with Crippen molar-refractivity contribution < 1.29 is 19.0 Å². The number of ether oxygens (including phenoxy) is 1. The van der Waals surface area contributed by atoms with E-state index in [-0.39, 0.29) is 24.8 Å². The molecule has 0 aliphatic heterocycles. The summed E-state index contributed by atoms with van der Waals surface area (Å²) in [4.78, 5) is 25.9. The van der Waals surface area contributed by atoms with Gasteiger partial charge in [0.25, 0.3) is 5.91 Å². The lowest BCUT2D eigenvalue weighted by Gasteiger charge is -2.15. The number of nitrogens with one attached hydrogen (secondary N) is 2. The molecule has 0 bridgehead atoms. The van der Waals surface area contributed by atoms with Crippen LogP contribution in [0, 0.1) is 6.92 Å². The third kappa shape index (κ3) is 6.30. The summed E-state index contributed by atoms with van der Waals surface area (Å²) in [6.45, 7) is 4.73. The molecule has 8 nitrogen and oxygen atoms in total. The number of aromatic nitrogens is 3. The van der Waals surface area contributed by atoms with Crippen molar-refractivity contribution in [1.29, 1.82) is 0 Å². The van der Waals surface area contributed by atoms with Gasteiger partial charge in [-0.2, -0.15) is 0 Å².